The van der Waals surface area contributed by atoms with Crippen LogP contribution in [-0.4, -0.2) is 27.7 Å². The van der Waals surface area contributed by atoms with Crippen LogP contribution in [-0.2, 0) is 11.8 Å². The number of halogens is 1. The SMILES string of the molecule is COC(=O)c1cc(-c2ncc(Cl)cc2O)n(C)c1. The van der Waals surface area contributed by atoms with Crippen molar-refractivity contribution in [3.05, 3.63) is 35.1 Å². The number of aromatic hydroxyl groups is 1. The number of carbonyl (C=O) groups is 1. The maximum Gasteiger partial charge on any atom is 0.339 e. The summed E-state index contributed by atoms with van der Waals surface area (Å²) in [5, 5.41) is 10.1. The highest BCUT2D eigenvalue weighted by atomic mass is 35.5. The molecule has 1 N–H and O–H groups in total. The zero-order valence-corrected chi connectivity index (χ0v) is 10.6. The highest BCUT2D eigenvalue weighted by molar-refractivity contribution is 6.30. The zero-order valence-electron chi connectivity index (χ0n) is 9.85. The van der Waals surface area contributed by atoms with Gasteiger partial charge in [0, 0.05) is 25.5 Å². The Hall–Kier alpha value is -2.01. The van der Waals surface area contributed by atoms with Gasteiger partial charge in [0.2, 0.25) is 0 Å². The lowest BCUT2D eigenvalue weighted by atomic mass is 10.2. The van der Waals surface area contributed by atoms with Crippen LogP contribution < -0.4 is 0 Å². The molecule has 2 aromatic rings. The summed E-state index contributed by atoms with van der Waals surface area (Å²) < 4.78 is 6.32. The Bertz CT molecular complexity index is 607. The minimum absolute atomic E-state index is 0.0416. The Morgan fingerprint density at radius 3 is 2.83 bits per heavy atom. The van der Waals surface area contributed by atoms with Crippen LogP contribution >= 0.6 is 11.6 Å². The van der Waals surface area contributed by atoms with E-state index in [1.807, 2.05) is 0 Å². The van der Waals surface area contributed by atoms with Gasteiger partial charge in [-0.1, -0.05) is 11.6 Å². The number of methoxy groups -OCH3 is 1. The van der Waals surface area contributed by atoms with Crippen LogP contribution in [0.15, 0.2) is 24.5 Å². The molecule has 0 aromatic carbocycles. The molecule has 0 saturated heterocycles. The maximum atomic E-state index is 11.4. The average Bonchev–Trinajstić information content (AvgIpc) is 2.70. The predicted molar refractivity (Wildman–Crippen MR) is 66.7 cm³/mol. The van der Waals surface area contributed by atoms with E-state index < -0.39 is 5.97 Å². The molecule has 5 nitrogen and oxygen atoms in total. The lowest BCUT2D eigenvalue weighted by Crippen LogP contribution is -1.98. The second-order valence-electron chi connectivity index (χ2n) is 3.74. The number of rotatable bonds is 2. The maximum absolute atomic E-state index is 11.4. The van der Waals surface area contributed by atoms with E-state index in [-0.39, 0.29) is 5.75 Å². The molecular formula is C12H11ClN2O3. The molecule has 18 heavy (non-hydrogen) atoms. The summed E-state index contributed by atoms with van der Waals surface area (Å²) in [6.45, 7) is 0. The molecule has 0 saturated carbocycles. The fourth-order valence-corrected chi connectivity index (χ4v) is 1.81. The number of aryl methyl sites for hydroxylation is 1. The normalized spacial score (nSPS) is 10.4. The van der Waals surface area contributed by atoms with E-state index in [9.17, 15) is 9.90 Å². The molecule has 2 rings (SSSR count). The monoisotopic (exact) mass is 266 g/mol. The van der Waals surface area contributed by atoms with Crippen molar-refractivity contribution in [2.45, 2.75) is 0 Å². The van der Waals surface area contributed by atoms with Gasteiger partial charge < -0.3 is 14.4 Å². The Morgan fingerprint density at radius 1 is 1.50 bits per heavy atom. The summed E-state index contributed by atoms with van der Waals surface area (Å²) in [6, 6.07) is 3.00. The van der Waals surface area contributed by atoms with Crippen molar-refractivity contribution >= 4 is 17.6 Å². The second kappa shape index (κ2) is 4.70. The Morgan fingerprint density at radius 2 is 2.22 bits per heavy atom. The molecule has 0 bridgehead atoms. The predicted octanol–water partition coefficient (Wildman–Crippen LogP) is 2.23. The minimum Gasteiger partial charge on any atom is -0.506 e. The average molecular weight is 267 g/mol. The molecule has 0 aliphatic carbocycles. The molecule has 0 radical (unpaired) electrons. The van der Waals surface area contributed by atoms with Gasteiger partial charge >= 0.3 is 5.97 Å². The van der Waals surface area contributed by atoms with Crippen LogP contribution in [0.3, 0.4) is 0 Å². The Kier molecular flexibility index (Phi) is 3.25. The third-order valence-electron chi connectivity index (χ3n) is 2.50. The van der Waals surface area contributed by atoms with E-state index in [0.29, 0.717) is 22.0 Å². The molecule has 0 unspecified atom stereocenters. The van der Waals surface area contributed by atoms with Gasteiger partial charge in [-0.2, -0.15) is 0 Å². The van der Waals surface area contributed by atoms with Crippen LogP contribution in [0.25, 0.3) is 11.4 Å². The number of pyridine rings is 1. The van der Waals surface area contributed by atoms with Gasteiger partial charge in [-0.25, -0.2) is 9.78 Å². The second-order valence-corrected chi connectivity index (χ2v) is 4.17. The summed E-state index contributed by atoms with van der Waals surface area (Å²) in [5.41, 5.74) is 1.35. The third-order valence-corrected chi connectivity index (χ3v) is 2.71. The Balaban J connectivity index is 2.51. The van der Waals surface area contributed by atoms with Gasteiger partial charge in [0.05, 0.1) is 23.4 Å². The van der Waals surface area contributed by atoms with Crippen molar-refractivity contribution in [1.82, 2.24) is 9.55 Å². The van der Waals surface area contributed by atoms with Gasteiger partial charge in [0.1, 0.15) is 11.4 Å². The number of carbonyl (C=O) groups excluding carboxylic acids is 1. The molecule has 2 heterocycles. The topological polar surface area (TPSA) is 64.3 Å². The van der Waals surface area contributed by atoms with Gasteiger partial charge in [0.15, 0.2) is 0 Å². The lowest BCUT2D eigenvalue weighted by molar-refractivity contribution is 0.0600. The van der Waals surface area contributed by atoms with Crippen LogP contribution in [0.5, 0.6) is 5.75 Å². The lowest BCUT2D eigenvalue weighted by Gasteiger charge is -2.04. The van der Waals surface area contributed by atoms with E-state index in [1.165, 1.54) is 19.4 Å². The minimum atomic E-state index is -0.440. The van der Waals surface area contributed by atoms with Crippen LogP contribution in [0.2, 0.25) is 5.02 Å². The van der Waals surface area contributed by atoms with Crippen LogP contribution in [0.4, 0.5) is 0 Å². The molecule has 6 heteroatoms. The van der Waals surface area contributed by atoms with Crippen molar-refractivity contribution in [3.8, 4) is 17.1 Å². The number of ether oxygens (including phenoxy) is 1. The van der Waals surface area contributed by atoms with Gasteiger partial charge in [-0.15, -0.1) is 0 Å². The van der Waals surface area contributed by atoms with Gasteiger partial charge in [-0.05, 0) is 6.07 Å². The standard InChI is InChI=1S/C12H11ClN2O3/c1-15-6-7(12(17)18-2)3-9(15)11-10(16)4-8(13)5-14-11/h3-6,16H,1-2H3. The first-order valence-electron chi connectivity index (χ1n) is 5.12. The first kappa shape index (κ1) is 12.4. The molecule has 2 aromatic heterocycles. The fraction of sp³-hybridized carbons (Fsp3) is 0.167. The highest BCUT2D eigenvalue weighted by Crippen LogP contribution is 2.30. The molecule has 94 valence electrons. The quantitative estimate of drug-likeness (QED) is 0.847. The number of esters is 1. The molecule has 0 aliphatic rings. The Labute approximate surface area is 109 Å². The zero-order chi connectivity index (χ0) is 13.3. The molecule has 0 atom stereocenters. The van der Waals surface area contributed by atoms with Crippen molar-refractivity contribution in [2.75, 3.05) is 7.11 Å². The van der Waals surface area contributed by atoms with Crippen molar-refractivity contribution < 1.29 is 14.6 Å². The van der Waals surface area contributed by atoms with E-state index in [4.69, 9.17) is 11.6 Å². The molecule has 0 fully saturated rings. The summed E-state index contributed by atoms with van der Waals surface area (Å²) in [6.07, 6.45) is 3.04. The van der Waals surface area contributed by atoms with Crippen molar-refractivity contribution in [2.24, 2.45) is 7.05 Å². The number of nitrogens with zero attached hydrogens (tertiary/aromatic N) is 2. The molecule has 0 aliphatic heterocycles. The van der Waals surface area contributed by atoms with Gasteiger partial charge in [0.25, 0.3) is 0 Å². The van der Waals surface area contributed by atoms with E-state index in [0.717, 1.165) is 0 Å². The summed E-state index contributed by atoms with van der Waals surface area (Å²) in [5.74, 6) is -0.481. The smallest absolute Gasteiger partial charge is 0.339 e. The largest absolute Gasteiger partial charge is 0.506 e. The number of hydrogen-bond donors (Lipinski definition) is 1. The summed E-state index contributed by atoms with van der Waals surface area (Å²) in [4.78, 5) is 15.5. The summed E-state index contributed by atoms with van der Waals surface area (Å²) >= 11 is 5.72. The third kappa shape index (κ3) is 2.17. The van der Waals surface area contributed by atoms with Crippen LogP contribution in [0, 0.1) is 0 Å². The summed E-state index contributed by atoms with van der Waals surface area (Å²) in [7, 11) is 3.06. The van der Waals surface area contributed by atoms with Crippen molar-refractivity contribution in [3.63, 3.8) is 0 Å². The number of hydrogen-bond acceptors (Lipinski definition) is 4. The molecular weight excluding hydrogens is 256 g/mol. The number of aromatic nitrogens is 2. The fourth-order valence-electron chi connectivity index (χ4n) is 1.66. The van der Waals surface area contributed by atoms with E-state index >= 15 is 0 Å². The van der Waals surface area contributed by atoms with Crippen molar-refractivity contribution in [1.29, 1.82) is 0 Å². The van der Waals surface area contributed by atoms with E-state index in [1.54, 1.807) is 23.9 Å². The first-order valence-corrected chi connectivity index (χ1v) is 5.50. The molecule has 0 spiro atoms. The first-order chi connectivity index (χ1) is 8.52. The molecule has 0 amide bonds. The van der Waals surface area contributed by atoms with E-state index in [2.05, 4.69) is 9.72 Å². The van der Waals surface area contributed by atoms with Gasteiger partial charge in [-0.3, -0.25) is 0 Å². The van der Waals surface area contributed by atoms with Crippen LogP contribution in [0.1, 0.15) is 10.4 Å². The highest BCUT2D eigenvalue weighted by Gasteiger charge is 2.15.